The van der Waals surface area contributed by atoms with E-state index in [1.165, 1.54) is 10.9 Å². The van der Waals surface area contributed by atoms with E-state index in [1.54, 1.807) is 0 Å². The van der Waals surface area contributed by atoms with Crippen LogP contribution in [0.15, 0.2) is 48.7 Å². The molecule has 160 valence electrons. The van der Waals surface area contributed by atoms with Gasteiger partial charge in [-0.25, -0.2) is 0 Å². The maximum Gasteiger partial charge on any atom is 0.173 e. The molecule has 3 rings (SSSR count). The van der Waals surface area contributed by atoms with E-state index < -0.39 is 0 Å². The number of rotatable bonds is 9. The van der Waals surface area contributed by atoms with E-state index in [2.05, 4.69) is 64.4 Å². The molecule has 2 N–H and O–H groups in total. The van der Waals surface area contributed by atoms with E-state index in [9.17, 15) is 0 Å². The molecule has 0 bridgehead atoms. The van der Waals surface area contributed by atoms with Crippen LogP contribution in [0.2, 0.25) is 5.02 Å². The van der Waals surface area contributed by atoms with Gasteiger partial charge < -0.3 is 20.1 Å². The molecule has 1 heterocycles. The molecule has 1 aromatic heterocycles. The van der Waals surface area contributed by atoms with E-state index in [0.717, 1.165) is 66.0 Å². The Bertz CT molecular complexity index is 980. The van der Waals surface area contributed by atoms with Crippen molar-refractivity contribution in [3.05, 3.63) is 64.8 Å². The molecule has 0 saturated carbocycles. The van der Waals surface area contributed by atoms with Crippen molar-refractivity contribution in [2.75, 3.05) is 31.5 Å². The topological polar surface area (TPSA) is 34.3 Å². The van der Waals surface area contributed by atoms with Gasteiger partial charge in [-0.3, -0.25) is 0 Å². The quantitative estimate of drug-likeness (QED) is 0.394. The summed E-state index contributed by atoms with van der Waals surface area (Å²) in [7, 11) is 0. The van der Waals surface area contributed by atoms with Crippen molar-refractivity contribution in [3.63, 3.8) is 0 Å². The first-order valence-electron chi connectivity index (χ1n) is 10.6. The largest absolute Gasteiger partial charge is 0.361 e. The summed E-state index contributed by atoms with van der Waals surface area (Å²) in [6, 6.07) is 14.3. The second-order valence-corrected chi connectivity index (χ2v) is 8.30. The Balaban J connectivity index is 1.77. The third-order valence-corrected chi connectivity index (χ3v) is 6.40. The standard InChI is InChI=1S/C24H31ClN4S/c1-4-28(5-2)14-9-15-29(17-19-16-26-23-12-7-6-10-20(19)23)24(30)27-22-13-8-11-21(25)18(22)3/h6-8,10-13,16,26H,4-5,9,14-15,17H2,1-3H3,(H,27,30). The maximum atomic E-state index is 6.30. The number of halogens is 1. The third kappa shape index (κ3) is 5.54. The molecule has 0 atom stereocenters. The summed E-state index contributed by atoms with van der Waals surface area (Å²) in [6.07, 6.45) is 3.15. The highest BCUT2D eigenvalue weighted by Crippen LogP contribution is 2.24. The molecule has 6 heteroatoms. The van der Waals surface area contributed by atoms with Crippen molar-refractivity contribution in [1.82, 2.24) is 14.8 Å². The SMILES string of the molecule is CCN(CC)CCCN(Cc1c[nH]c2ccccc12)C(=S)Nc1cccc(Cl)c1C. The summed E-state index contributed by atoms with van der Waals surface area (Å²) in [5.74, 6) is 0. The van der Waals surface area contributed by atoms with Crippen molar-refractivity contribution in [3.8, 4) is 0 Å². The van der Waals surface area contributed by atoms with E-state index in [0.29, 0.717) is 0 Å². The number of aromatic amines is 1. The van der Waals surface area contributed by atoms with Crippen LogP contribution in [0.1, 0.15) is 31.4 Å². The lowest BCUT2D eigenvalue weighted by Crippen LogP contribution is -2.37. The first-order valence-corrected chi connectivity index (χ1v) is 11.4. The molecular weight excluding hydrogens is 412 g/mol. The normalized spacial score (nSPS) is 11.2. The molecule has 30 heavy (non-hydrogen) atoms. The van der Waals surface area contributed by atoms with Crippen LogP contribution in [0.25, 0.3) is 10.9 Å². The minimum Gasteiger partial charge on any atom is -0.361 e. The number of thiocarbonyl (C=S) groups is 1. The van der Waals surface area contributed by atoms with Crippen LogP contribution in [0.5, 0.6) is 0 Å². The summed E-state index contributed by atoms with van der Waals surface area (Å²) in [5, 5.41) is 6.14. The highest BCUT2D eigenvalue weighted by molar-refractivity contribution is 7.80. The Kier molecular flexibility index (Phi) is 8.14. The van der Waals surface area contributed by atoms with Gasteiger partial charge in [-0.1, -0.05) is 49.7 Å². The molecular formula is C24H31ClN4S. The lowest BCUT2D eigenvalue weighted by molar-refractivity contribution is 0.281. The molecule has 0 aliphatic carbocycles. The first kappa shape index (κ1) is 22.6. The minimum atomic E-state index is 0.727. The zero-order chi connectivity index (χ0) is 21.5. The van der Waals surface area contributed by atoms with Crippen molar-refractivity contribution >= 4 is 45.5 Å². The van der Waals surface area contributed by atoms with Crippen molar-refractivity contribution < 1.29 is 0 Å². The average Bonchev–Trinajstić information content (AvgIpc) is 3.16. The molecule has 0 aliphatic heterocycles. The molecule has 0 amide bonds. The van der Waals surface area contributed by atoms with Crippen LogP contribution in [0, 0.1) is 6.92 Å². The van der Waals surface area contributed by atoms with E-state index >= 15 is 0 Å². The van der Waals surface area contributed by atoms with Crippen LogP contribution in [-0.4, -0.2) is 46.1 Å². The highest BCUT2D eigenvalue weighted by Gasteiger charge is 2.15. The van der Waals surface area contributed by atoms with Crippen LogP contribution >= 0.6 is 23.8 Å². The molecule has 0 fully saturated rings. The zero-order valence-corrected chi connectivity index (χ0v) is 19.6. The molecule has 0 aliphatic rings. The zero-order valence-electron chi connectivity index (χ0n) is 18.0. The molecule has 0 saturated heterocycles. The van der Waals surface area contributed by atoms with Gasteiger partial charge in [0.15, 0.2) is 5.11 Å². The lowest BCUT2D eigenvalue weighted by Gasteiger charge is -2.28. The van der Waals surface area contributed by atoms with Gasteiger partial charge in [0.25, 0.3) is 0 Å². The van der Waals surface area contributed by atoms with Gasteiger partial charge in [0.1, 0.15) is 0 Å². The molecule has 0 radical (unpaired) electrons. The number of nitrogens with one attached hydrogen (secondary N) is 2. The van der Waals surface area contributed by atoms with Gasteiger partial charge >= 0.3 is 0 Å². The van der Waals surface area contributed by atoms with Crippen LogP contribution in [-0.2, 0) is 6.54 Å². The molecule has 0 spiro atoms. The minimum absolute atomic E-state index is 0.727. The number of para-hydroxylation sites is 1. The smallest absolute Gasteiger partial charge is 0.173 e. The van der Waals surface area contributed by atoms with Gasteiger partial charge in [-0.15, -0.1) is 0 Å². The van der Waals surface area contributed by atoms with Crippen LogP contribution in [0.4, 0.5) is 5.69 Å². The number of benzene rings is 2. The second kappa shape index (κ2) is 10.8. The van der Waals surface area contributed by atoms with E-state index in [1.807, 2.05) is 25.1 Å². The fourth-order valence-corrected chi connectivity index (χ4v) is 4.12. The Morgan fingerprint density at radius 3 is 2.60 bits per heavy atom. The summed E-state index contributed by atoms with van der Waals surface area (Å²) in [6.45, 7) is 11.3. The number of hydrogen-bond acceptors (Lipinski definition) is 2. The molecule has 0 unspecified atom stereocenters. The van der Waals surface area contributed by atoms with Gasteiger partial charge in [0, 0.05) is 40.9 Å². The monoisotopic (exact) mass is 442 g/mol. The summed E-state index contributed by atoms with van der Waals surface area (Å²) < 4.78 is 0. The summed E-state index contributed by atoms with van der Waals surface area (Å²) >= 11 is 12.1. The Morgan fingerprint density at radius 1 is 1.07 bits per heavy atom. The number of H-pyrrole nitrogens is 1. The van der Waals surface area contributed by atoms with Crippen molar-refractivity contribution in [2.24, 2.45) is 0 Å². The fraction of sp³-hybridized carbons (Fsp3) is 0.375. The number of anilines is 1. The summed E-state index contributed by atoms with van der Waals surface area (Å²) in [4.78, 5) is 8.08. The fourth-order valence-electron chi connectivity index (χ4n) is 3.68. The van der Waals surface area contributed by atoms with E-state index in [-0.39, 0.29) is 0 Å². The molecule has 4 nitrogen and oxygen atoms in total. The number of fused-ring (bicyclic) bond motifs is 1. The predicted octanol–water partition coefficient (Wildman–Crippen LogP) is 6.06. The number of aromatic nitrogens is 1. The van der Waals surface area contributed by atoms with Crippen LogP contribution < -0.4 is 5.32 Å². The Hall–Kier alpha value is -2.08. The number of hydrogen-bond donors (Lipinski definition) is 2. The van der Waals surface area contributed by atoms with Crippen molar-refractivity contribution in [1.29, 1.82) is 0 Å². The lowest BCUT2D eigenvalue weighted by atomic mass is 10.1. The third-order valence-electron chi connectivity index (χ3n) is 5.63. The predicted molar refractivity (Wildman–Crippen MR) is 134 cm³/mol. The Labute approximate surface area is 190 Å². The molecule has 3 aromatic rings. The van der Waals surface area contributed by atoms with Gasteiger partial charge in [0.2, 0.25) is 0 Å². The van der Waals surface area contributed by atoms with E-state index in [4.69, 9.17) is 23.8 Å². The average molecular weight is 443 g/mol. The van der Waals surface area contributed by atoms with Gasteiger partial charge in [-0.05, 0) is 74.5 Å². The maximum absolute atomic E-state index is 6.30. The number of nitrogens with zero attached hydrogens (tertiary/aromatic N) is 2. The highest BCUT2D eigenvalue weighted by atomic mass is 35.5. The molecule has 2 aromatic carbocycles. The summed E-state index contributed by atoms with van der Waals surface area (Å²) in [5.41, 5.74) is 4.37. The van der Waals surface area contributed by atoms with Crippen LogP contribution in [0.3, 0.4) is 0 Å². The Morgan fingerprint density at radius 2 is 1.83 bits per heavy atom. The van der Waals surface area contributed by atoms with Gasteiger partial charge in [-0.2, -0.15) is 0 Å². The first-order chi connectivity index (χ1) is 14.5. The van der Waals surface area contributed by atoms with Crippen molar-refractivity contribution in [2.45, 2.75) is 33.7 Å². The second-order valence-electron chi connectivity index (χ2n) is 7.50. The van der Waals surface area contributed by atoms with Gasteiger partial charge in [0.05, 0.1) is 0 Å².